The van der Waals surface area contributed by atoms with Crippen molar-refractivity contribution in [2.45, 2.75) is 77.0 Å². The summed E-state index contributed by atoms with van der Waals surface area (Å²) in [5, 5.41) is 11.1. The normalized spacial score (nSPS) is 36.9. The number of methoxy groups -OCH3 is 2. The van der Waals surface area contributed by atoms with Gasteiger partial charge in [0.1, 0.15) is 17.1 Å². The standard InChI is InChI=1S/C45H49NO6/c1-41-19-16-33(47)25-43(41)22-23-45(35(26-43)39(48)31-12-10-30(11-13-31)29-8-6-5-7-9-29)37(41)17-20-42(2)38(45)18-21-44(42)28-46(40(49)52-44)27-32-14-15-34(50-3)24-36(32)51-4/h5-15,22-24,26,33,37-38,47H,16-21,25,27-28H2,1-4H3/t33-,37+,38+,41+,42-,43-,44+,45+/m0/s1. The van der Waals surface area contributed by atoms with E-state index in [-0.39, 0.29) is 40.0 Å². The Kier molecular flexibility index (Phi) is 7.45. The number of Topliss-reactive ketones (excluding diaryl/α,β-unsaturated/α-hetero) is 1. The van der Waals surface area contributed by atoms with E-state index in [9.17, 15) is 9.90 Å². The van der Waals surface area contributed by atoms with Crippen LogP contribution in [0.4, 0.5) is 4.79 Å². The highest BCUT2D eigenvalue weighted by molar-refractivity contribution is 6.10. The van der Waals surface area contributed by atoms with Crippen LogP contribution in [0.1, 0.15) is 74.7 Å². The van der Waals surface area contributed by atoms with Gasteiger partial charge < -0.3 is 19.3 Å². The molecular weight excluding hydrogens is 650 g/mol. The van der Waals surface area contributed by atoms with Crippen LogP contribution in [0.25, 0.3) is 11.1 Å². The molecule has 7 aliphatic rings. The van der Waals surface area contributed by atoms with E-state index in [0.717, 1.165) is 60.8 Å². The second-order valence-corrected chi connectivity index (χ2v) is 16.9. The van der Waals surface area contributed by atoms with Gasteiger partial charge in [-0.15, -0.1) is 0 Å². The topological polar surface area (TPSA) is 85.3 Å². The number of amides is 1. The van der Waals surface area contributed by atoms with Crippen LogP contribution in [0.2, 0.25) is 0 Å². The smallest absolute Gasteiger partial charge is 0.410 e. The number of benzene rings is 3. The third-order valence-corrected chi connectivity index (χ3v) is 15.0. The molecule has 4 fully saturated rings. The Bertz CT molecular complexity index is 2010. The van der Waals surface area contributed by atoms with Crippen molar-refractivity contribution < 1.29 is 28.9 Å². The number of aliphatic hydroxyl groups excluding tert-OH is 1. The third kappa shape index (κ3) is 4.41. The largest absolute Gasteiger partial charge is 0.497 e. The van der Waals surface area contributed by atoms with E-state index >= 15 is 4.79 Å². The van der Waals surface area contributed by atoms with E-state index in [1.54, 1.807) is 14.2 Å². The monoisotopic (exact) mass is 699 g/mol. The molecule has 3 aromatic rings. The summed E-state index contributed by atoms with van der Waals surface area (Å²) in [6.45, 7) is 5.66. The fourth-order valence-corrected chi connectivity index (χ4v) is 12.3. The number of aliphatic hydroxyl groups is 1. The Morgan fingerprint density at radius 3 is 2.33 bits per heavy atom. The van der Waals surface area contributed by atoms with Gasteiger partial charge in [-0.2, -0.15) is 0 Å². The lowest BCUT2D eigenvalue weighted by molar-refractivity contribution is -0.164. The van der Waals surface area contributed by atoms with E-state index in [0.29, 0.717) is 36.6 Å². The molecule has 7 heteroatoms. The minimum absolute atomic E-state index is 0.0808. The predicted molar refractivity (Wildman–Crippen MR) is 199 cm³/mol. The van der Waals surface area contributed by atoms with Gasteiger partial charge >= 0.3 is 6.09 Å². The summed E-state index contributed by atoms with van der Waals surface area (Å²) in [5.41, 5.74) is 2.73. The minimum Gasteiger partial charge on any atom is -0.497 e. The molecule has 0 aromatic heterocycles. The van der Waals surface area contributed by atoms with Crippen LogP contribution in [0.15, 0.2) is 96.6 Å². The molecule has 1 aliphatic heterocycles. The van der Waals surface area contributed by atoms with Crippen molar-refractivity contribution in [2.24, 2.45) is 33.5 Å². The number of nitrogens with zero attached hydrogens (tertiary/aromatic N) is 1. The lowest BCUT2D eigenvalue weighted by Gasteiger charge is -2.71. The zero-order chi connectivity index (χ0) is 36.1. The average Bonchev–Trinajstić information content (AvgIpc) is 3.65. The number of ether oxygens (including phenoxy) is 3. The Labute approximate surface area is 306 Å². The van der Waals surface area contributed by atoms with Gasteiger partial charge in [0.2, 0.25) is 0 Å². The second kappa shape index (κ2) is 11.6. The molecule has 10 rings (SSSR count). The molecule has 3 saturated carbocycles. The van der Waals surface area contributed by atoms with Crippen LogP contribution < -0.4 is 9.47 Å². The number of allylic oxidation sites excluding steroid dienone is 4. The maximum absolute atomic E-state index is 15.1. The highest BCUT2D eigenvalue weighted by Crippen LogP contribution is 2.79. The fraction of sp³-hybridized carbons (Fsp3) is 0.467. The van der Waals surface area contributed by atoms with Crippen molar-refractivity contribution in [2.75, 3.05) is 20.8 Å². The van der Waals surface area contributed by atoms with Gasteiger partial charge in [-0.3, -0.25) is 9.69 Å². The number of ketones is 1. The van der Waals surface area contributed by atoms with Gasteiger partial charge in [-0.25, -0.2) is 4.79 Å². The van der Waals surface area contributed by atoms with E-state index in [1.807, 2.05) is 53.4 Å². The Morgan fingerprint density at radius 1 is 0.865 bits per heavy atom. The number of hydrogen-bond donors (Lipinski definition) is 1. The molecule has 1 saturated heterocycles. The summed E-state index contributed by atoms with van der Waals surface area (Å²) in [4.78, 5) is 30.7. The molecule has 0 unspecified atom stereocenters. The molecule has 3 aromatic carbocycles. The average molecular weight is 700 g/mol. The van der Waals surface area contributed by atoms with Gasteiger partial charge in [0.15, 0.2) is 5.78 Å². The van der Waals surface area contributed by atoms with E-state index < -0.39 is 17.1 Å². The van der Waals surface area contributed by atoms with E-state index in [4.69, 9.17) is 14.2 Å². The molecule has 270 valence electrons. The molecule has 0 radical (unpaired) electrons. The summed E-state index contributed by atoms with van der Waals surface area (Å²) >= 11 is 0. The summed E-state index contributed by atoms with van der Waals surface area (Å²) in [6.07, 6.45) is 12.2. The number of fused-ring (bicyclic) bond motifs is 2. The summed E-state index contributed by atoms with van der Waals surface area (Å²) in [7, 11) is 3.26. The van der Waals surface area contributed by atoms with E-state index in [1.165, 1.54) is 0 Å². The summed E-state index contributed by atoms with van der Waals surface area (Å²) < 4.78 is 17.7. The summed E-state index contributed by atoms with van der Waals surface area (Å²) in [6, 6.07) is 24.0. The van der Waals surface area contributed by atoms with Gasteiger partial charge in [-0.1, -0.05) is 86.7 Å². The molecule has 2 bridgehead atoms. The fourth-order valence-electron chi connectivity index (χ4n) is 12.3. The lowest BCUT2D eigenvalue weighted by atomic mass is 9.32. The molecule has 1 heterocycles. The lowest BCUT2D eigenvalue weighted by Crippen LogP contribution is -2.67. The number of carbonyl (C=O) groups is 2. The quantitative estimate of drug-likeness (QED) is 0.196. The van der Waals surface area contributed by atoms with Crippen molar-refractivity contribution in [1.29, 1.82) is 0 Å². The van der Waals surface area contributed by atoms with Crippen molar-refractivity contribution in [1.82, 2.24) is 4.90 Å². The summed E-state index contributed by atoms with van der Waals surface area (Å²) in [5.74, 6) is 1.82. The van der Waals surface area contributed by atoms with Crippen LogP contribution >= 0.6 is 0 Å². The minimum atomic E-state index is -0.664. The first-order valence-electron chi connectivity index (χ1n) is 19.0. The van der Waals surface area contributed by atoms with Gasteiger partial charge in [0.05, 0.1) is 33.4 Å². The zero-order valence-electron chi connectivity index (χ0n) is 30.7. The number of rotatable bonds is 7. The SMILES string of the molecule is COc1ccc(CN2C[C@@]3(CC[C@H]4[C@]56C=C[C@@]7(C=C5C(=O)c5ccc(-c8ccccc8)cc5)C[C@@H](O)CC[C@]7(C)[C@H]6CC[C@@]43C)OC2=O)c(OC)c1. The van der Waals surface area contributed by atoms with Crippen LogP contribution in [0, 0.1) is 33.5 Å². The molecule has 1 amide bonds. The first-order valence-corrected chi connectivity index (χ1v) is 19.0. The highest BCUT2D eigenvalue weighted by Gasteiger charge is 2.76. The van der Waals surface area contributed by atoms with Gasteiger partial charge in [-0.05, 0) is 85.5 Å². The third-order valence-electron chi connectivity index (χ3n) is 15.0. The Morgan fingerprint density at radius 2 is 1.58 bits per heavy atom. The maximum atomic E-state index is 15.1. The van der Waals surface area contributed by atoms with E-state index in [2.05, 4.69) is 56.3 Å². The first-order chi connectivity index (χ1) is 25.0. The van der Waals surface area contributed by atoms with Crippen molar-refractivity contribution >= 4 is 11.9 Å². The highest BCUT2D eigenvalue weighted by atomic mass is 16.6. The molecule has 52 heavy (non-hydrogen) atoms. The van der Waals surface area contributed by atoms with Crippen molar-refractivity contribution in [3.63, 3.8) is 0 Å². The van der Waals surface area contributed by atoms with Crippen molar-refractivity contribution in [3.05, 3.63) is 108 Å². The van der Waals surface area contributed by atoms with Crippen LogP contribution in [-0.2, 0) is 11.3 Å². The van der Waals surface area contributed by atoms with Crippen LogP contribution in [-0.4, -0.2) is 54.4 Å². The Hall–Kier alpha value is -4.36. The van der Waals surface area contributed by atoms with Crippen molar-refractivity contribution in [3.8, 4) is 22.6 Å². The number of hydrogen-bond acceptors (Lipinski definition) is 6. The molecule has 1 N–H and O–H groups in total. The molecule has 3 spiro atoms. The van der Waals surface area contributed by atoms with Crippen LogP contribution in [0.5, 0.6) is 11.5 Å². The van der Waals surface area contributed by atoms with Gasteiger partial charge in [0.25, 0.3) is 0 Å². The maximum Gasteiger partial charge on any atom is 0.410 e. The van der Waals surface area contributed by atoms with Crippen LogP contribution in [0.3, 0.4) is 0 Å². The number of carbonyl (C=O) groups excluding carboxylic acids is 2. The molecular formula is C45H49NO6. The second-order valence-electron chi connectivity index (χ2n) is 16.9. The molecule has 7 nitrogen and oxygen atoms in total. The predicted octanol–water partition coefficient (Wildman–Crippen LogP) is 8.80. The first kappa shape index (κ1) is 33.5. The van der Waals surface area contributed by atoms with Gasteiger partial charge in [0, 0.05) is 39.0 Å². The molecule has 6 aliphatic carbocycles. The molecule has 8 atom stereocenters. The zero-order valence-corrected chi connectivity index (χ0v) is 30.7. The Balaban J connectivity index is 1.10.